The summed E-state index contributed by atoms with van der Waals surface area (Å²) in [5, 5.41) is 0. The lowest BCUT2D eigenvalue weighted by atomic mass is 9.49. The second-order valence-electron chi connectivity index (χ2n) is 9.92. The fourth-order valence-corrected chi connectivity index (χ4v) is 6.27. The maximum atomic E-state index is 13.1. The molecule has 0 spiro atoms. The maximum absolute atomic E-state index is 13.1. The molecule has 0 heterocycles. The van der Waals surface area contributed by atoms with Gasteiger partial charge >= 0.3 is 11.9 Å². The molecule has 0 saturated heterocycles. The minimum atomic E-state index is -0.395. The van der Waals surface area contributed by atoms with Crippen LogP contribution in [0.1, 0.15) is 85.5 Å². The van der Waals surface area contributed by atoms with Crippen molar-refractivity contribution < 1.29 is 19.1 Å². The lowest BCUT2D eigenvalue weighted by Gasteiger charge is -2.60. The highest BCUT2D eigenvalue weighted by molar-refractivity contribution is 5.87. The molecule has 0 aromatic carbocycles. The summed E-state index contributed by atoms with van der Waals surface area (Å²) in [6.07, 6.45) is 9.79. The number of ether oxygens (including phenoxy) is 2. The third-order valence-corrected chi connectivity index (χ3v) is 7.48. The van der Waals surface area contributed by atoms with Crippen molar-refractivity contribution in [1.29, 1.82) is 0 Å². The number of unbranched alkanes of at least 4 members (excludes halogenated alkanes) is 1. The van der Waals surface area contributed by atoms with E-state index in [0.717, 1.165) is 31.1 Å². The largest absolute Gasteiger partial charge is 0.459 e. The molecule has 4 bridgehead atoms. The lowest BCUT2D eigenvalue weighted by Crippen LogP contribution is -2.60. The summed E-state index contributed by atoms with van der Waals surface area (Å²) in [6, 6.07) is 0. The third-order valence-electron chi connectivity index (χ3n) is 7.48. The van der Waals surface area contributed by atoms with Crippen molar-refractivity contribution in [3.8, 4) is 0 Å². The molecule has 0 N–H and O–H groups in total. The summed E-state index contributed by atoms with van der Waals surface area (Å²) in [5.41, 5.74) is 0.140. The van der Waals surface area contributed by atoms with Crippen LogP contribution in [0.25, 0.3) is 0 Å². The van der Waals surface area contributed by atoms with Crippen LogP contribution >= 0.6 is 0 Å². The van der Waals surface area contributed by atoms with Gasteiger partial charge in [-0.15, -0.1) is 0 Å². The minimum absolute atomic E-state index is 0.109. The van der Waals surface area contributed by atoms with Crippen LogP contribution in [0.5, 0.6) is 0 Å². The molecule has 4 fully saturated rings. The Bertz CT molecular complexity index is 580. The van der Waals surface area contributed by atoms with E-state index in [1.54, 1.807) is 6.92 Å². The summed E-state index contributed by atoms with van der Waals surface area (Å²) in [5.74, 6) is 2.03. The van der Waals surface area contributed by atoms with E-state index < -0.39 is 5.97 Å². The Morgan fingerprint density at radius 1 is 1.07 bits per heavy atom. The molecule has 0 aliphatic heterocycles. The smallest absolute Gasteiger partial charge is 0.333 e. The zero-order chi connectivity index (χ0) is 20.5. The molecule has 4 nitrogen and oxygen atoms in total. The number of hydrogen-bond donors (Lipinski definition) is 0. The van der Waals surface area contributed by atoms with Gasteiger partial charge in [-0.2, -0.15) is 0 Å². The van der Waals surface area contributed by atoms with E-state index in [-0.39, 0.29) is 23.6 Å². The van der Waals surface area contributed by atoms with Crippen molar-refractivity contribution in [2.75, 3.05) is 0 Å². The highest BCUT2D eigenvalue weighted by Crippen LogP contribution is 2.61. The fraction of sp³-hybridized carbons (Fsp3) is 0.833. The first-order valence-electron chi connectivity index (χ1n) is 11.3. The Morgan fingerprint density at radius 2 is 1.64 bits per heavy atom. The molecule has 4 rings (SSSR count). The van der Waals surface area contributed by atoms with Crippen molar-refractivity contribution in [2.24, 2.45) is 29.6 Å². The van der Waals surface area contributed by atoms with Crippen LogP contribution < -0.4 is 0 Å². The average Bonchev–Trinajstić information content (AvgIpc) is 2.62. The van der Waals surface area contributed by atoms with Gasteiger partial charge < -0.3 is 9.47 Å². The summed E-state index contributed by atoms with van der Waals surface area (Å²) < 4.78 is 11.8. The molecule has 0 radical (unpaired) electrons. The monoisotopic (exact) mass is 390 g/mol. The highest BCUT2D eigenvalue weighted by atomic mass is 16.6. The van der Waals surface area contributed by atoms with Crippen LogP contribution in [0.15, 0.2) is 12.2 Å². The van der Waals surface area contributed by atoms with E-state index in [0.29, 0.717) is 23.8 Å². The number of carbonyl (C=O) groups is 2. The lowest BCUT2D eigenvalue weighted by molar-refractivity contribution is -0.216. The van der Waals surface area contributed by atoms with E-state index in [1.807, 2.05) is 13.8 Å². The van der Waals surface area contributed by atoms with Crippen LogP contribution in [0.4, 0.5) is 0 Å². The van der Waals surface area contributed by atoms with Gasteiger partial charge in [0.15, 0.2) is 0 Å². The van der Waals surface area contributed by atoms with Gasteiger partial charge in [-0.05, 0) is 88.9 Å². The molecule has 2 unspecified atom stereocenters. The summed E-state index contributed by atoms with van der Waals surface area (Å²) in [6.45, 7) is 11.2. The van der Waals surface area contributed by atoms with E-state index >= 15 is 0 Å². The SMILES string of the molecule is C=C(C)C(=O)OC(C)CC(C)C(=O)OC1(CCCC)C2CC3CC(C2)CC1C3. The summed E-state index contributed by atoms with van der Waals surface area (Å²) in [7, 11) is 0. The molecule has 4 saturated carbocycles. The first-order valence-corrected chi connectivity index (χ1v) is 11.3. The Kier molecular flexibility index (Phi) is 6.56. The highest BCUT2D eigenvalue weighted by Gasteiger charge is 2.59. The fourth-order valence-electron chi connectivity index (χ4n) is 6.27. The van der Waals surface area contributed by atoms with Crippen LogP contribution in [-0.2, 0) is 19.1 Å². The predicted molar refractivity (Wildman–Crippen MR) is 110 cm³/mol. The van der Waals surface area contributed by atoms with E-state index in [4.69, 9.17) is 9.47 Å². The number of esters is 2. The van der Waals surface area contributed by atoms with Crippen LogP contribution in [0.3, 0.4) is 0 Å². The van der Waals surface area contributed by atoms with E-state index in [9.17, 15) is 9.59 Å². The number of hydrogen-bond acceptors (Lipinski definition) is 4. The Hall–Kier alpha value is -1.32. The van der Waals surface area contributed by atoms with Gasteiger partial charge in [-0.3, -0.25) is 4.79 Å². The summed E-state index contributed by atoms with van der Waals surface area (Å²) >= 11 is 0. The first-order chi connectivity index (χ1) is 13.2. The maximum Gasteiger partial charge on any atom is 0.333 e. The van der Waals surface area contributed by atoms with Gasteiger partial charge in [-0.1, -0.05) is 26.8 Å². The molecule has 4 aliphatic carbocycles. The van der Waals surface area contributed by atoms with Gasteiger partial charge in [0.1, 0.15) is 11.7 Å². The van der Waals surface area contributed by atoms with Crippen molar-refractivity contribution in [3.05, 3.63) is 12.2 Å². The molecular weight excluding hydrogens is 352 g/mol. The average molecular weight is 391 g/mol. The zero-order valence-corrected chi connectivity index (χ0v) is 18.2. The van der Waals surface area contributed by atoms with Crippen molar-refractivity contribution in [3.63, 3.8) is 0 Å². The molecular formula is C24H38O4. The third kappa shape index (κ3) is 4.31. The minimum Gasteiger partial charge on any atom is -0.459 e. The standard InChI is InChI=1S/C24H38O4/c1-6-7-8-24(20-11-18-10-19(13-20)14-21(24)12-18)28-23(26)16(4)9-17(5)27-22(25)15(2)3/h16-21H,2,6-14H2,1,3-5H3. The van der Waals surface area contributed by atoms with Crippen LogP contribution in [0.2, 0.25) is 0 Å². The van der Waals surface area contributed by atoms with Crippen LogP contribution in [-0.4, -0.2) is 23.6 Å². The number of carbonyl (C=O) groups excluding carboxylic acids is 2. The van der Waals surface area contributed by atoms with Crippen molar-refractivity contribution in [1.82, 2.24) is 0 Å². The Morgan fingerprint density at radius 3 is 2.14 bits per heavy atom. The molecule has 158 valence electrons. The second kappa shape index (κ2) is 8.59. The van der Waals surface area contributed by atoms with Gasteiger partial charge in [0, 0.05) is 5.57 Å². The quantitative estimate of drug-likeness (QED) is 0.388. The van der Waals surface area contributed by atoms with Gasteiger partial charge in [0.25, 0.3) is 0 Å². The normalized spacial score (nSPS) is 35.3. The number of rotatable bonds is 9. The Labute approximate surface area is 170 Å². The zero-order valence-electron chi connectivity index (χ0n) is 18.2. The molecule has 28 heavy (non-hydrogen) atoms. The second-order valence-corrected chi connectivity index (χ2v) is 9.92. The molecule has 2 atom stereocenters. The molecule has 0 aromatic rings. The van der Waals surface area contributed by atoms with Gasteiger partial charge in [0.05, 0.1) is 5.92 Å². The van der Waals surface area contributed by atoms with Crippen molar-refractivity contribution in [2.45, 2.75) is 97.2 Å². The summed E-state index contributed by atoms with van der Waals surface area (Å²) in [4.78, 5) is 24.8. The Balaban J connectivity index is 1.65. The predicted octanol–water partition coefficient (Wildman–Crippen LogP) is 5.45. The molecule has 4 heteroatoms. The van der Waals surface area contributed by atoms with Crippen LogP contribution in [0, 0.1) is 29.6 Å². The molecule has 4 aliphatic rings. The first kappa shape index (κ1) is 21.4. The molecule has 0 amide bonds. The topological polar surface area (TPSA) is 52.6 Å². The molecule has 0 aromatic heterocycles. The van der Waals surface area contributed by atoms with Crippen molar-refractivity contribution >= 4 is 11.9 Å². The van der Waals surface area contributed by atoms with E-state index in [1.165, 1.54) is 32.1 Å². The van der Waals surface area contributed by atoms with Gasteiger partial charge in [0.2, 0.25) is 0 Å². The van der Waals surface area contributed by atoms with E-state index in [2.05, 4.69) is 13.5 Å². The van der Waals surface area contributed by atoms with Gasteiger partial charge in [-0.25, -0.2) is 4.79 Å².